The molecule has 2 N–H and O–H groups in total. The van der Waals surface area contributed by atoms with Crippen LogP contribution in [-0.4, -0.2) is 26.0 Å². The first-order valence-corrected chi connectivity index (χ1v) is 6.85. The van der Waals surface area contributed by atoms with Gasteiger partial charge in [-0.1, -0.05) is 0 Å². The second kappa shape index (κ2) is 7.56. The Labute approximate surface area is 140 Å². The van der Waals surface area contributed by atoms with Gasteiger partial charge in [0.15, 0.2) is 29.0 Å². The van der Waals surface area contributed by atoms with E-state index in [1.54, 1.807) is 0 Å². The van der Waals surface area contributed by atoms with Crippen molar-refractivity contribution < 1.29 is 32.2 Å². The van der Waals surface area contributed by atoms with Crippen molar-refractivity contribution in [1.29, 1.82) is 0 Å². The molecule has 0 saturated heterocycles. The summed E-state index contributed by atoms with van der Waals surface area (Å²) in [5, 5.41) is 4.12. The van der Waals surface area contributed by atoms with Crippen molar-refractivity contribution in [1.82, 2.24) is 0 Å². The molecule has 9 heteroatoms. The Morgan fingerprint density at radius 1 is 0.840 bits per heavy atom. The summed E-state index contributed by atoms with van der Waals surface area (Å²) < 4.78 is 49.6. The summed E-state index contributed by atoms with van der Waals surface area (Å²) in [4.78, 5) is 23.6. The highest BCUT2D eigenvalue weighted by molar-refractivity contribution is 6.43. The van der Waals surface area contributed by atoms with Gasteiger partial charge in [-0.15, -0.1) is 0 Å². The molecule has 0 spiro atoms. The fourth-order valence-electron chi connectivity index (χ4n) is 1.90. The van der Waals surface area contributed by atoms with Crippen molar-refractivity contribution in [3.8, 4) is 11.5 Å². The molecule has 2 aromatic rings. The van der Waals surface area contributed by atoms with Crippen LogP contribution in [0.2, 0.25) is 0 Å². The number of ether oxygens (including phenoxy) is 2. The average molecular weight is 354 g/mol. The Hall–Kier alpha value is -3.23. The minimum absolute atomic E-state index is 0.212. The van der Waals surface area contributed by atoms with Crippen LogP contribution < -0.4 is 20.1 Å². The highest BCUT2D eigenvalue weighted by atomic mass is 19.2. The predicted octanol–water partition coefficient (Wildman–Crippen LogP) is 2.70. The molecule has 2 aromatic carbocycles. The molecule has 0 radical (unpaired) electrons. The zero-order chi connectivity index (χ0) is 18.6. The van der Waals surface area contributed by atoms with Crippen LogP contribution in [0.25, 0.3) is 0 Å². The van der Waals surface area contributed by atoms with Gasteiger partial charge in [-0.2, -0.15) is 0 Å². The number of amides is 2. The van der Waals surface area contributed by atoms with Gasteiger partial charge in [0, 0.05) is 11.8 Å². The molecule has 6 nitrogen and oxygen atoms in total. The fraction of sp³-hybridized carbons (Fsp3) is 0.125. The van der Waals surface area contributed by atoms with Crippen molar-refractivity contribution in [2.45, 2.75) is 0 Å². The Morgan fingerprint density at radius 2 is 1.48 bits per heavy atom. The monoisotopic (exact) mass is 354 g/mol. The van der Waals surface area contributed by atoms with Crippen LogP contribution >= 0.6 is 0 Å². The molecule has 0 heterocycles. The molecule has 0 bridgehead atoms. The number of carbonyl (C=O) groups excluding carboxylic acids is 2. The molecule has 0 aliphatic carbocycles. The Kier molecular flexibility index (Phi) is 5.48. The first kappa shape index (κ1) is 18.1. The fourth-order valence-corrected chi connectivity index (χ4v) is 1.90. The average Bonchev–Trinajstić information content (AvgIpc) is 2.61. The van der Waals surface area contributed by atoms with Gasteiger partial charge in [0.05, 0.1) is 19.9 Å². The van der Waals surface area contributed by atoms with E-state index in [2.05, 4.69) is 5.32 Å². The van der Waals surface area contributed by atoms with Crippen molar-refractivity contribution in [3.05, 3.63) is 47.8 Å². The van der Waals surface area contributed by atoms with Gasteiger partial charge in [0.1, 0.15) is 0 Å². The van der Waals surface area contributed by atoms with Crippen LogP contribution in [0.1, 0.15) is 0 Å². The molecule has 0 saturated carbocycles. The van der Waals surface area contributed by atoms with E-state index < -0.39 is 35.0 Å². The predicted molar refractivity (Wildman–Crippen MR) is 83.1 cm³/mol. The molecule has 2 amide bonds. The summed E-state index contributed by atoms with van der Waals surface area (Å²) in [6.07, 6.45) is 0. The second-order valence-corrected chi connectivity index (χ2v) is 4.70. The molecule has 0 fully saturated rings. The van der Waals surface area contributed by atoms with Gasteiger partial charge in [0.2, 0.25) is 0 Å². The quantitative estimate of drug-likeness (QED) is 0.654. The van der Waals surface area contributed by atoms with Crippen molar-refractivity contribution in [3.63, 3.8) is 0 Å². The minimum atomic E-state index is -1.75. The van der Waals surface area contributed by atoms with Gasteiger partial charge < -0.3 is 20.1 Å². The third-order valence-corrected chi connectivity index (χ3v) is 3.13. The molecule has 0 atom stereocenters. The van der Waals surface area contributed by atoms with E-state index in [4.69, 9.17) is 9.47 Å². The van der Waals surface area contributed by atoms with Gasteiger partial charge >= 0.3 is 11.8 Å². The Balaban J connectivity index is 2.11. The number of carbonyl (C=O) groups is 2. The summed E-state index contributed by atoms with van der Waals surface area (Å²) >= 11 is 0. The van der Waals surface area contributed by atoms with Gasteiger partial charge in [-0.25, -0.2) is 13.2 Å². The maximum absolute atomic E-state index is 13.5. The van der Waals surface area contributed by atoms with Crippen molar-refractivity contribution >= 4 is 23.2 Å². The van der Waals surface area contributed by atoms with E-state index in [-0.39, 0.29) is 5.69 Å². The lowest BCUT2D eigenvalue weighted by molar-refractivity contribution is -0.133. The number of methoxy groups -OCH3 is 2. The number of rotatable bonds is 4. The van der Waals surface area contributed by atoms with Crippen LogP contribution in [0.3, 0.4) is 0 Å². The summed E-state index contributed by atoms with van der Waals surface area (Å²) in [6, 6.07) is 5.78. The maximum atomic E-state index is 13.5. The van der Waals surface area contributed by atoms with Crippen LogP contribution in [0, 0.1) is 17.5 Å². The lowest BCUT2D eigenvalue weighted by atomic mass is 10.2. The SMILES string of the molecule is COc1ccc(NC(=O)C(=O)Nc2ccc(F)c(F)c2F)cc1OC. The van der Waals surface area contributed by atoms with Gasteiger partial charge in [-0.05, 0) is 24.3 Å². The maximum Gasteiger partial charge on any atom is 0.314 e. The molecule has 0 unspecified atom stereocenters. The number of nitrogens with one attached hydrogen (secondary N) is 2. The highest BCUT2D eigenvalue weighted by Crippen LogP contribution is 2.29. The van der Waals surface area contributed by atoms with Gasteiger partial charge in [0.25, 0.3) is 0 Å². The Bertz CT molecular complexity index is 827. The van der Waals surface area contributed by atoms with Crippen molar-refractivity contribution in [2.24, 2.45) is 0 Å². The topological polar surface area (TPSA) is 76.7 Å². The molecule has 0 aromatic heterocycles. The molecular formula is C16H13F3N2O4. The lowest BCUT2D eigenvalue weighted by Crippen LogP contribution is -2.29. The van der Waals surface area contributed by atoms with Crippen LogP contribution in [-0.2, 0) is 9.59 Å². The lowest BCUT2D eigenvalue weighted by Gasteiger charge is -2.11. The summed E-state index contributed by atoms with van der Waals surface area (Å²) in [6.45, 7) is 0. The molecule has 0 aliphatic rings. The normalized spacial score (nSPS) is 10.1. The highest BCUT2D eigenvalue weighted by Gasteiger charge is 2.19. The van der Waals surface area contributed by atoms with Crippen LogP contribution in [0.4, 0.5) is 24.5 Å². The summed E-state index contributed by atoms with van der Waals surface area (Å²) in [5.74, 6) is -6.45. The van der Waals surface area contributed by atoms with E-state index in [0.29, 0.717) is 17.6 Å². The van der Waals surface area contributed by atoms with Gasteiger partial charge in [-0.3, -0.25) is 9.59 Å². The number of halogens is 3. The zero-order valence-corrected chi connectivity index (χ0v) is 13.2. The molecule has 2 rings (SSSR count). The van der Waals surface area contributed by atoms with E-state index in [0.717, 1.165) is 6.07 Å². The zero-order valence-electron chi connectivity index (χ0n) is 13.2. The first-order valence-electron chi connectivity index (χ1n) is 6.85. The van der Waals surface area contributed by atoms with E-state index in [1.807, 2.05) is 5.32 Å². The van der Waals surface area contributed by atoms with Crippen molar-refractivity contribution in [2.75, 3.05) is 24.9 Å². The molecule has 25 heavy (non-hydrogen) atoms. The first-order chi connectivity index (χ1) is 11.9. The molecule has 0 aliphatic heterocycles. The number of anilines is 2. The number of hydrogen-bond donors (Lipinski definition) is 2. The van der Waals surface area contributed by atoms with E-state index in [9.17, 15) is 22.8 Å². The molecular weight excluding hydrogens is 341 g/mol. The Morgan fingerprint density at radius 3 is 2.12 bits per heavy atom. The van der Waals surface area contributed by atoms with Crippen LogP contribution in [0.5, 0.6) is 11.5 Å². The standard InChI is InChI=1S/C16H13F3N2O4/c1-24-11-6-3-8(7-12(11)25-2)20-15(22)16(23)21-10-5-4-9(17)13(18)14(10)19/h3-7H,1-2H3,(H,20,22)(H,21,23). The molecule has 132 valence electrons. The largest absolute Gasteiger partial charge is 0.493 e. The second-order valence-electron chi connectivity index (χ2n) is 4.70. The smallest absolute Gasteiger partial charge is 0.314 e. The summed E-state index contributed by atoms with van der Waals surface area (Å²) in [7, 11) is 2.82. The third-order valence-electron chi connectivity index (χ3n) is 3.13. The number of benzene rings is 2. The van der Waals surface area contributed by atoms with E-state index >= 15 is 0 Å². The van der Waals surface area contributed by atoms with Crippen LogP contribution in [0.15, 0.2) is 30.3 Å². The number of hydrogen-bond acceptors (Lipinski definition) is 4. The summed E-state index contributed by atoms with van der Waals surface area (Å²) in [5.41, 5.74) is -0.449. The minimum Gasteiger partial charge on any atom is -0.493 e. The third kappa shape index (κ3) is 4.00. The van der Waals surface area contributed by atoms with E-state index in [1.165, 1.54) is 32.4 Å².